The minimum Gasteiger partial charge on any atom is -0.314 e. The van der Waals surface area contributed by atoms with E-state index in [0.29, 0.717) is 12.0 Å². The van der Waals surface area contributed by atoms with Gasteiger partial charge in [-0.25, -0.2) is 0 Å². The average Bonchev–Trinajstić information content (AvgIpc) is 2.84. The van der Waals surface area contributed by atoms with Crippen LogP contribution in [-0.2, 0) is 0 Å². The highest BCUT2D eigenvalue weighted by molar-refractivity contribution is 5.28. The molecule has 0 aromatic heterocycles. The summed E-state index contributed by atoms with van der Waals surface area (Å²) >= 11 is 0. The zero-order valence-electron chi connectivity index (χ0n) is 12.9. The van der Waals surface area contributed by atoms with E-state index < -0.39 is 0 Å². The molecule has 1 aromatic rings. The highest BCUT2D eigenvalue weighted by Crippen LogP contribution is 2.39. The van der Waals surface area contributed by atoms with Gasteiger partial charge >= 0.3 is 0 Å². The molecule has 2 unspecified atom stereocenters. The van der Waals surface area contributed by atoms with Crippen molar-refractivity contribution in [2.45, 2.75) is 64.8 Å². The second-order valence-corrected chi connectivity index (χ2v) is 6.68. The van der Waals surface area contributed by atoms with Crippen LogP contribution >= 0.6 is 0 Å². The van der Waals surface area contributed by atoms with Gasteiger partial charge in [-0.1, -0.05) is 58.4 Å². The van der Waals surface area contributed by atoms with E-state index in [2.05, 4.69) is 57.3 Å². The van der Waals surface area contributed by atoms with Crippen LogP contribution in [0.2, 0.25) is 0 Å². The molecule has 1 aromatic carbocycles. The number of benzene rings is 1. The summed E-state index contributed by atoms with van der Waals surface area (Å²) in [6, 6.07) is 9.99. The second-order valence-electron chi connectivity index (χ2n) is 6.68. The second kappa shape index (κ2) is 6.56. The first-order chi connectivity index (χ1) is 9.08. The van der Waals surface area contributed by atoms with Gasteiger partial charge in [0.05, 0.1) is 0 Å². The maximum absolute atomic E-state index is 3.62. The lowest BCUT2D eigenvalue weighted by Crippen LogP contribution is -2.30. The van der Waals surface area contributed by atoms with E-state index in [9.17, 15) is 0 Å². The Labute approximate surface area is 118 Å². The zero-order chi connectivity index (χ0) is 13.8. The molecule has 1 saturated carbocycles. The van der Waals surface area contributed by atoms with E-state index in [1.165, 1.54) is 31.4 Å². The van der Waals surface area contributed by atoms with Gasteiger partial charge in [0.15, 0.2) is 0 Å². The third-order valence-electron chi connectivity index (χ3n) is 4.48. The molecule has 1 aliphatic carbocycles. The Hall–Kier alpha value is -0.820. The Morgan fingerprint density at radius 2 is 1.74 bits per heavy atom. The maximum Gasteiger partial charge on any atom is 0.00104 e. The fraction of sp³-hybridized carbons (Fsp3) is 0.667. The lowest BCUT2D eigenvalue weighted by atomic mass is 9.87. The van der Waals surface area contributed by atoms with Gasteiger partial charge in [-0.3, -0.25) is 0 Å². The molecule has 106 valence electrons. The molecule has 1 fully saturated rings. The van der Waals surface area contributed by atoms with Gasteiger partial charge in [0, 0.05) is 6.04 Å². The third-order valence-corrected chi connectivity index (χ3v) is 4.48. The van der Waals surface area contributed by atoms with Gasteiger partial charge in [-0.2, -0.15) is 0 Å². The van der Waals surface area contributed by atoms with Gasteiger partial charge in [-0.15, -0.1) is 0 Å². The number of nitrogens with one attached hydrogen (secondary N) is 1. The first-order valence-electron chi connectivity index (χ1n) is 7.91. The van der Waals surface area contributed by atoms with E-state index >= 15 is 0 Å². The van der Waals surface area contributed by atoms with Crippen LogP contribution in [0, 0.1) is 5.92 Å². The molecule has 1 heteroatoms. The fourth-order valence-electron chi connectivity index (χ4n) is 3.24. The SMILES string of the molecule is CC(C)NCC1CCCC1c1ccc(C(C)C)cc1. The third kappa shape index (κ3) is 3.82. The number of hydrogen-bond donors (Lipinski definition) is 1. The molecular formula is C18H29N. The first-order valence-corrected chi connectivity index (χ1v) is 7.91. The van der Waals surface area contributed by atoms with Crippen molar-refractivity contribution in [3.8, 4) is 0 Å². The lowest BCUT2D eigenvalue weighted by molar-refractivity contribution is 0.423. The predicted octanol–water partition coefficient (Wildman–Crippen LogP) is 4.69. The topological polar surface area (TPSA) is 12.0 Å². The van der Waals surface area contributed by atoms with Crippen LogP contribution in [-0.4, -0.2) is 12.6 Å². The molecule has 19 heavy (non-hydrogen) atoms. The summed E-state index contributed by atoms with van der Waals surface area (Å²) in [5, 5.41) is 3.62. The molecule has 0 bridgehead atoms. The summed E-state index contributed by atoms with van der Waals surface area (Å²) in [5.74, 6) is 2.23. The summed E-state index contributed by atoms with van der Waals surface area (Å²) < 4.78 is 0. The van der Waals surface area contributed by atoms with Crippen LogP contribution in [0.25, 0.3) is 0 Å². The van der Waals surface area contributed by atoms with Crippen molar-refractivity contribution < 1.29 is 0 Å². The molecule has 0 heterocycles. The van der Waals surface area contributed by atoms with Crippen molar-refractivity contribution in [3.05, 3.63) is 35.4 Å². The average molecular weight is 259 g/mol. The van der Waals surface area contributed by atoms with Crippen molar-refractivity contribution in [3.63, 3.8) is 0 Å². The van der Waals surface area contributed by atoms with E-state index in [0.717, 1.165) is 11.8 Å². The normalized spacial score (nSPS) is 23.5. The Kier molecular flexibility index (Phi) is 5.04. The molecule has 0 aliphatic heterocycles. The van der Waals surface area contributed by atoms with E-state index in [-0.39, 0.29) is 0 Å². The standard InChI is InChI=1S/C18H29N/c1-13(2)15-8-10-16(11-9-15)18-7-5-6-17(18)12-19-14(3)4/h8-11,13-14,17-19H,5-7,12H2,1-4H3. The van der Waals surface area contributed by atoms with Crippen molar-refractivity contribution in [2.75, 3.05) is 6.54 Å². The van der Waals surface area contributed by atoms with Crippen LogP contribution in [0.1, 0.15) is 69.9 Å². The Bertz CT molecular complexity index is 377. The first kappa shape index (κ1) is 14.6. The van der Waals surface area contributed by atoms with Crippen molar-refractivity contribution in [1.29, 1.82) is 0 Å². The monoisotopic (exact) mass is 259 g/mol. The summed E-state index contributed by atoms with van der Waals surface area (Å²) in [6.45, 7) is 10.2. The smallest absolute Gasteiger partial charge is 0.00104 e. The molecular weight excluding hydrogens is 230 g/mol. The molecule has 1 aliphatic rings. The van der Waals surface area contributed by atoms with Gasteiger partial charge < -0.3 is 5.32 Å². The van der Waals surface area contributed by atoms with Gasteiger partial charge in [0.1, 0.15) is 0 Å². The molecule has 2 rings (SSSR count). The van der Waals surface area contributed by atoms with Gasteiger partial charge in [0.2, 0.25) is 0 Å². The Morgan fingerprint density at radius 3 is 2.32 bits per heavy atom. The highest BCUT2D eigenvalue weighted by Gasteiger charge is 2.28. The van der Waals surface area contributed by atoms with Gasteiger partial charge in [-0.05, 0) is 48.3 Å². The number of rotatable bonds is 5. The van der Waals surface area contributed by atoms with Crippen molar-refractivity contribution in [1.82, 2.24) is 5.32 Å². The molecule has 0 saturated heterocycles. The lowest BCUT2D eigenvalue weighted by Gasteiger charge is -2.22. The van der Waals surface area contributed by atoms with Crippen molar-refractivity contribution in [2.24, 2.45) is 5.92 Å². The number of hydrogen-bond acceptors (Lipinski definition) is 1. The van der Waals surface area contributed by atoms with E-state index in [4.69, 9.17) is 0 Å². The highest BCUT2D eigenvalue weighted by atomic mass is 14.9. The quantitative estimate of drug-likeness (QED) is 0.808. The molecule has 2 atom stereocenters. The summed E-state index contributed by atoms with van der Waals surface area (Å²) in [5.41, 5.74) is 3.01. The maximum atomic E-state index is 3.62. The largest absolute Gasteiger partial charge is 0.314 e. The minimum absolute atomic E-state index is 0.601. The van der Waals surface area contributed by atoms with Crippen LogP contribution in [0.15, 0.2) is 24.3 Å². The Balaban J connectivity index is 2.02. The van der Waals surface area contributed by atoms with Crippen LogP contribution < -0.4 is 5.32 Å². The van der Waals surface area contributed by atoms with Crippen LogP contribution in [0.3, 0.4) is 0 Å². The van der Waals surface area contributed by atoms with Crippen LogP contribution in [0.4, 0.5) is 0 Å². The summed E-state index contributed by atoms with van der Waals surface area (Å²) in [7, 11) is 0. The molecule has 1 N–H and O–H groups in total. The molecule has 0 amide bonds. The van der Waals surface area contributed by atoms with Crippen LogP contribution in [0.5, 0.6) is 0 Å². The molecule has 0 radical (unpaired) electrons. The zero-order valence-corrected chi connectivity index (χ0v) is 12.9. The van der Waals surface area contributed by atoms with Crippen molar-refractivity contribution >= 4 is 0 Å². The van der Waals surface area contributed by atoms with E-state index in [1.54, 1.807) is 5.56 Å². The summed E-state index contributed by atoms with van der Waals surface area (Å²) in [4.78, 5) is 0. The fourth-order valence-corrected chi connectivity index (χ4v) is 3.24. The van der Waals surface area contributed by atoms with Gasteiger partial charge in [0.25, 0.3) is 0 Å². The Morgan fingerprint density at radius 1 is 1.05 bits per heavy atom. The predicted molar refractivity (Wildman–Crippen MR) is 83.8 cm³/mol. The minimum atomic E-state index is 0.601. The molecule has 0 spiro atoms. The summed E-state index contributed by atoms with van der Waals surface area (Å²) in [6.07, 6.45) is 4.14. The molecule has 1 nitrogen and oxygen atoms in total. The van der Waals surface area contributed by atoms with E-state index in [1.807, 2.05) is 0 Å².